The minimum absolute atomic E-state index is 0.209. The fourth-order valence-corrected chi connectivity index (χ4v) is 2.15. The van der Waals surface area contributed by atoms with Gasteiger partial charge in [-0.2, -0.15) is 5.26 Å². The monoisotopic (exact) mass is 269 g/mol. The van der Waals surface area contributed by atoms with Gasteiger partial charge in [-0.1, -0.05) is 6.92 Å². The minimum atomic E-state index is -0.985. The van der Waals surface area contributed by atoms with Gasteiger partial charge in [0.2, 0.25) is 0 Å². The van der Waals surface area contributed by atoms with Crippen molar-refractivity contribution in [3.8, 4) is 11.8 Å². The molecule has 1 aromatic rings. The molecule has 18 heavy (non-hydrogen) atoms. The van der Waals surface area contributed by atoms with Gasteiger partial charge in [-0.05, 0) is 19.4 Å². The van der Waals surface area contributed by atoms with E-state index in [0.29, 0.717) is 5.75 Å². The lowest BCUT2D eigenvalue weighted by Gasteiger charge is -2.07. The van der Waals surface area contributed by atoms with E-state index in [-0.39, 0.29) is 18.1 Å². The van der Waals surface area contributed by atoms with Crippen LogP contribution in [-0.4, -0.2) is 30.4 Å². The highest BCUT2D eigenvalue weighted by Gasteiger charge is 2.16. The zero-order valence-electron chi connectivity index (χ0n) is 10.3. The largest absolute Gasteiger partial charge is 0.489 e. The lowest BCUT2D eigenvalue weighted by molar-refractivity contribution is 0.0670. The first kappa shape index (κ1) is 14.5. The Morgan fingerprint density at radius 2 is 2.33 bits per heavy atom. The molecule has 0 aliphatic heterocycles. The number of ether oxygens (including phenoxy) is 2. The van der Waals surface area contributed by atoms with Crippen LogP contribution in [0.3, 0.4) is 0 Å². The Labute approximate surface area is 110 Å². The normalized spacial score (nSPS) is 11.8. The van der Waals surface area contributed by atoms with Crippen molar-refractivity contribution in [2.75, 3.05) is 13.2 Å². The molecule has 0 aliphatic rings. The second-order valence-corrected chi connectivity index (χ2v) is 4.69. The predicted octanol–water partition coefficient (Wildman–Crippen LogP) is 2.32. The first-order valence-corrected chi connectivity index (χ1v) is 6.40. The summed E-state index contributed by atoms with van der Waals surface area (Å²) in [7, 11) is 0. The summed E-state index contributed by atoms with van der Waals surface area (Å²) in [5, 5.41) is 17.5. The number of carboxylic acid groups (broad SMARTS) is 1. The van der Waals surface area contributed by atoms with Gasteiger partial charge in [-0.3, -0.25) is 0 Å². The Morgan fingerprint density at radius 3 is 2.89 bits per heavy atom. The predicted molar refractivity (Wildman–Crippen MR) is 67.2 cm³/mol. The van der Waals surface area contributed by atoms with Crippen molar-refractivity contribution < 1.29 is 19.4 Å². The highest BCUT2D eigenvalue weighted by atomic mass is 32.1. The van der Waals surface area contributed by atoms with Crippen LogP contribution in [-0.2, 0) is 11.2 Å². The molecule has 0 aliphatic carbocycles. The third kappa shape index (κ3) is 4.02. The highest BCUT2D eigenvalue weighted by molar-refractivity contribution is 7.14. The summed E-state index contributed by atoms with van der Waals surface area (Å²) in [6.45, 7) is 4.08. The fourth-order valence-electron chi connectivity index (χ4n) is 1.27. The molecule has 0 fully saturated rings. The maximum absolute atomic E-state index is 11.0. The molecule has 1 rings (SSSR count). The molecular formula is C12H15NO4S. The Hall–Kier alpha value is -1.58. The van der Waals surface area contributed by atoms with Crippen LogP contribution in [0.15, 0.2) is 6.07 Å². The molecule has 0 amide bonds. The van der Waals surface area contributed by atoms with Crippen LogP contribution >= 0.6 is 11.3 Å². The van der Waals surface area contributed by atoms with E-state index < -0.39 is 12.1 Å². The van der Waals surface area contributed by atoms with E-state index >= 15 is 0 Å². The average molecular weight is 269 g/mol. The van der Waals surface area contributed by atoms with E-state index in [1.165, 1.54) is 11.3 Å². The number of hydrogen-bond acceptors (Lipinski definition) is 5. The van der Waals surface area contributed by atoms with Crippen LogP contribution in [0.1, 0.15) is 28.4 Å². The molecule has 0 aromatic carbocycles. The molecule has 1 unspecified atom stereocenters. The summed E-state index contributed by atoms with van der Waals surface area (Å²) in [6.07, 6.45) is 0.289. The highest BCUT2D eigenvalue weighted by Crippen LogP contribution is 2.29. The van der Waals surface area contributed by atoms with E-state index in [9.17, 15) is 4.79 Å². The van der Waals surface area contributed by atoms with E-state index in [1.54, 1.807) is 13.0 Å². The number of hydrogen-bond donors (Lipinski definition) is 1. The number of nitrogens with zero attached hydrogens (tertiary/aromatic N) is 1. The van der Waals surface area contributed by atoms with E-state index in [0.717, 1.165) is 11.3 Å². The van der Waals surface area contributed by atoms with Crippen molar-refractivity contribution in [3.05, 3.63) is 15.8 Å². The van der Waals surface area contributed by atoms with Crippen LogP contribution in [0.4, 0.5) is 0 Å². The van der Waals surface area contributed by atoms with E-state index in [1.807, 2.05) is 13.0 Å². The number of carbonyl (C=O) groups is 1. The fraction of sp³-hybridized carbons (Fsp3) is 0.500. The molecule has 1 heterocycles. The van der Waals surface area contributed by atoms with Crippen molar-refractivity contribution in [3.63, 3.8) is 0 Å². The maximum Gasteiger partial charge on any atom is 0.349 e. The molecule has 0 spiro atoms. The third-order valence-corrected chi connectivity index (χ3v) is 3.43. The number of nitriles is 1. The summed E-state index contributed by atoms with van der Waals surface area (Å²) in [4.78, 5) is 12.2. The molecule has 1 N–H and O–H groups in total. The van der Waals surface area contributed by atoms with Gasteiger partial charge in [0.05, 0.1) is 12.7 Å². The standard InChI is InChI=1S/C12H15NO4S/c1-3-9-6-10(11(18-9)12(14)15)17-5-4-16-8(2)7-13/h6,8H,3-5H2,1-2H3,(H,14,15). The first-order chi connectivity index (χ1) is 8.58. The summed E-state index contributed by atoms with van der Waals surface area (Å²) >= 11 is 1.22. The quantitative estimate of drug-likeness (QED) is 0.768. The van der Waals surface area contributed by atoms with Crippen molar-refractivity contribution in [2.24, 2.45) is 0 Å². The zero-order chi connectivity index (χ0) is 13.5. The summed E-state index contributed by atoms with van der Waals surface area (Å²) < 4.78 is 10.5. The smallest absolute Gasteiger partial charge is 0.349 e. The number of aromatic carboxylic acids is 1. The van der Waals surface area contributed by atoms with Crippen molar-refractivity contribution in [2.45, 2.75) is 26.4 Å². The molecule has 0 saturated heterocycles. The Balaban J connectivity index is 2.53. The Morgan fingerprint density at radius 1 is 1.61 bits per heavy atom. The SMILES string of the molecule is CCc1cc(OCCOC(C)C#N)c(C(=O)O)s1. The number of rotatable bonds is 7. The van der Waals surface area contributed by atoms with Crippen LogP contribution in [0.25, 0.3) is 0 Å². The molecule has 1 atom stereocenters. The van der Waals surface area contributed by atoms with Crippen LogP contribution in [0.5, 0.6) is 5.75 Å². The van der Waals surface area contributed by atoms with Gasteiger partial charge >= 0.3 is 5.97 Å². The van der Waals surface area contributed by atoms with Crippen LogP contribution in [0.2, 0.25) is 0 Å². The van der Waals surface area contributed by atoms with Crippen molar-refractivity contribution in [1.29, 1.82) is 5.26 Å². The first-order valence-electron chi connectivity index (χ1n) is 5.58. The van der Waals surface area contributed by atoms with Crippen molar-refractivity contribution >= 4 is 17.3 Å². The van der Waals surface area contributed by atoms with Gasteiger partial charge in [-0.25, -0.2) is 4.79 Å². The van der Waals surface area contributed by atoms with Crippen LogP contribution in [0, 0.1) is 11.3 Å². The summed E-state index contributed by atoms with van der Waals surface area (Å²) in [6, 6.07) is 3.67. The number of thiophene rings is 1. The molecule has 6 heteroatoms. The topological polar surface area (TPSA) is 79.5 Å². The molecule has 5 nitrogen and oxygen atoms in total. The van der Waals surface area contributed by atoms with E-state index in [2.05, 4.69) is 0 Å². The second-order valence-electron chi connectivity index (χ2n) is 3.56. The Bertz CT molecular complexity index is 449. The number of carboxylic acids is 1. The lowest BCUT2D eigenvalue weighted by atomic mass is 10.3. The van der Waals surface area contributed by atoms with Gasteiger partial charge in [0.25, 0.3) is 0 Å². The third-order valence-electron chi connectivity index (χ3n) is 2.18. The minimum Gasteiger partial charge on any atom is -0.489 e. The molecule has 0 bridgehead atoms. The summed E-state index contributed by atoms with van der Waals surface area (Å²) in [5.74, 6) is -0.612. The Kier molecular flexibility index (Phi) is 5.62. The number of aryl methyl sites for hydroxylation is 1. The van der Waals surface area contributed by atoms with Gasteiger partial charge in [-0.15, -0.1) is 11.3 Å². The molecule has 1 aromatic heterocycles. The summed E-state index contributed by atoms with van der Waals surface area (Å²) in [5.41, 5.74) is 0. The second kappa shape index (κ2) is 6.99. The molecular weight excluding hydrogens is 254 g/mol. The molecule has 0 saturated carbocycles. The molecule has 0 radical (unpaired) electrons. The van der Waals surface area contributed by atoms with Gasteiger partial charge in [0.1, 0.15) is 18.5 Å². The van der Waals surface area contributed by atoms with Gasteiger partial charge in [0.15, 0.2) is 4.88 Å². The van der Waals surface area contributed by atoms with Gasteiger partial charge < -0.3 is 14.6 Å². The van der Waals surface area contributed by atoms with Crippen molar-refractivity contribution in [1.82, 2.24) is 0 Å². The van der Waals surface area contributed by atoms with E-state index in [4.69, 9.17) is 19.8 Å². The van der Waals surface area contributed by atoms with Gasteiger partial charge in [0, 0.05) is 4.88 Å². The molecule has 98 valence electrons. The zero-order valence-corrected chi connectivity index (χ0v) is 11.1. The van der Waals surface area contributed by atoms with Crippen LogP contribution < -0.4 is 4.74 Å². The average Bonchev–Trinajstić information content (AvgIpc) is 2.77. The maximum atomic E-state index is 11.0. The lowest BCUT2D eigenvalue weighted by Crippen LogP contribution is -2.13.